The highest BCUT2D eigenvalue weighted by Crippen LogP contribution is 2.29. The van der Waals surface area contributed by atoms with E-state index in [-0.39, 0.29) is 12.5 Å². The molecule has 2 rings (SSSR count). The van der Waals surface area contributed by atoms with Gasteiger partial charge >= 0.3 is 6.18 Å². The van der Waals surface area contributed by atoms with Crippen molar-refractivity contribution in [2.24, 2.45) is 4.99 Å². The van der Waals surface area contributed by atoms with Crippen molar-refractivity contribution >= 4 is 5.96 Å². The largest absolute Gasteiger partial charge is 0.496 e. The number of pyridine rings is 1. The molecular formula is C19H23F3N4O2. The summed E-state index contributed by atoms with van der Waals surface area (Å²) in [4.78, 5) is 7.77. The van der Waals surface area contributed by atoms with E-state index < -0.39 is 11.7 Å². The molecule has 0 aliphatic carbocycles. The lowest BCUT2D eigenvalue weighted by atomic mass is 10.1. The van der Waals surface area contributed by atoms with Gasteiger partial charge in [0.2, 0.25) is 5.88 Å². The molecule has 0 bridgehead atoms. The molecule has 2 aromatic rings. The van der Waals surface area contributed by atoms with Crippen LogP contribution >= 0.6 is 0 Å². The smallest absolute Gasteiger partial charge is 0.417 e. The number of aromatic nitrogens is 1. The Hall–Kier alpha value is -2.97. The van der Waals surface area contributed by atoms with Crippen LogP contribution in [0.1, 0.15) is 16.7 Å². The van der Waals surface area contributed by atoms with Crippen LogP contribution in [0.2, 0.25) is 0 Å². The zero-order chi connectivity index (χ0) is 20.6. The first kappa shape index (κ1) is 21.3. The molecule has 0 radical (unpaired) electrons. The summed E-state index contributed by atoms with van der Waals surface area (Å²) in [5.41, 5.74) is 1.28. The molecule has 6 nitrogen and oxygen atoms in total. The van der Waals surface area contributed by atoms with Crippen LogP contribution in [0.15, 0.2) is 41.5 Å². The van der Waals surface area contributed by atoms with E-state index in [4.69, 9.17) is 9.47 Å². The lowest BCUT2D eigenvalue weighted by Crippen LogP contribution is -2.39. The van der Waals surface area contributed by atoms with Crippen molar-refractivity contribution < 1.29 is 22.6 Å². The summed E-state index contributed by atoms with van der Waals surface area (Å²) in [5.74, 6) is 1.48. The summed E-state index contributed by atoms with van der Waals surface area (Å²) in [6.07, 6.45) is -3.66. The Morgan fingerprint density at radius 3 is 2.57 bits per heavy atom. The molecule has 0 aliphatic rings. The van der Waals surface area contributed by atoms with Crippen molar-refractivity contribution in [1.29, 1.82) is 0 Å². The maximum absolute atomic E-state index is 12.5. The highest BCUT2D eigenvalue weighted by molar-refractivity contribution is 5.79. The van der Waals surface area contributed by atoms with Crippen molar-refractivity contribution in [3.05, 3.63) is 53.2 Å². The van der Waals surface area contributed by atoms with Gasteiger partial charge in [-0.3, -0.25) is 4.99 Å². The van der Waals surface area contributed by atoms with Crippen molar-refractivity contribution in [3.8, 4) is 11.6 Å². The van der Waals surface area contributed by atoms with Crippen LogP contribution < -0.4 is 20.1 Å². The van der Waals surface area contributed by atoms with Crippen molar-refractivity contribution in [3.63, 3.8) is 0 Å². The summed E-state index contributed by atoms with van der Waals surface area (Å²) in [6, 6.07) is 8.07. The first-order valence-electron chi connectivity index (χ1n) is 8.57. The quantitative estimate of drug-likeness (QED) is 0.428. The van der Waals surface area contributed by atoms with Gasteiger partial charge in [-0.1, -0.05) is 12.1 Å². The van der Waals surface area contributed by atoms with Gasteiger partial charge in [-0.2, -0.15) is 13.2 Å². The molecule has 1 aromatic carbocycles. The fraction of sp³-hybridized carbons (Fsp3) is 0.368. The molecule has 0 amide bonds. The molecule has 28 heavy (non-hydrogen) atoms. The second-order valence-electron chi connectivity index (χ2n) is 5.90. The van der Waals surface area contributed by atoms with E-state index in [2.05, 4.69) is 20.6 Å². The Morgan fingerprint density at radius 2 is 1.96 bits per heavy atom. The van der Waals surface area contributed by atoms with E-state index in [0.717, 1.165) is 29.1 Å². The first-order chi connectivity index (χ1) is 13.3. The maximum atomic E-state index is 12.5. The van der Waals surface area contributed by atoms with E-state index in [1.165, 1.54) is 6.07 Å². The molecular weight excluding hydrogens is 373 g/mol. The number of guanidine groups is 1. The van der Waals surface area contributed by atoms with Gasteiger partial charge in [-0.15, -0.1) is 0 Å². The van der Waals surface area contributed by atoms with Gasteiger partial charge in [0.15, 0.2) is 5.96 Å². The van der Waals surface area contributed by atoms with Crippen molar-refractivity contribution in [1.82, 2.24) is 15.6 Å². The minimum atomic E-state index is -4.41. The monoisotopic (exact) mass is 396 g/mol. The number of halogens is 3. The number of ether oxygens (including phenoxy) is 2. The lowest BCUT2D eigenvalue weighted by Gasteiger charge is -2.14. The Morgan fingerprint density at radius 1 is 1.18 bits per heavy atom. The van der Waals surface area contributed by atoms with Crippen LogP contribution in [0, 0.1) is 6.92 Å². The normalized spacial score (nSPS) is 11.9. The predicted molar refractivity (Wildman–Crippen MR) is 101 cm³/mol. The standard InChI is InChI=1S/C19H23F3N4O2/c1-13-4-5-14(16(10-13)27-3)11-26-18(23-2)24-8-9-28-17-7-6-15(12-25-17)19(20,21)22/h4-7,10,12H,8-9,11H2,1-3H3,(H2,23,24,26). The first-order valence-corrected chi connectivity index (χ1v) is 8.57. The molecule has 0 fully saturated rings. The summed E-state index contributed by atoms with van der Waals surface area (Å²) >= 11 is 0. The van der Waals surface area contributed by atoms with Gasteiger partial charge in [-0.05, 0) is 24.6 Å². The van der Waals surface area contributed by atoms with Crippen LogP contribution in [0.25, 0.3) is 0 Å². The fourth-order valence-electron chi connectivity index (χ4n) is 2.36. The highest BCUT2D eigenvalue weighted by Gasteiger charge is 2.30. The number of methoxy groups -OCH3 is 1. The number of aliphatic imine (C=N–C) groups is 1. The molecule has 0 saturated heterocycles. The average molecular weight is 396 g/mol. The van der Waals surface area contributed by atoms with E-state index in [9.17, 15) is 13.2 Å². The van der Waals surface area contributed by atoms with Crippen LogP contribution in [-0.2, 0) is 12.7 Å². The van der Waals surface area contributed by atoms with E-state index >= 15 is 0 Å². The second kappa shape index (κ2) is 9.82. The Kier molecular flexibility index (Phi) is 7.48. The molecule has 152 valence electrons. The number of hydrogen-bond acceptors (Lipinski definition) is 4. The Bertz CT molecular complexity index is 793. The van der Waals surface area contributed by atoms with Gasteiger partial charge in [0.05, 0.1) is 19.2 Å². The van der Waals surface area contributed by atoms with E-state index in [1.54, 1.807) is 14.2 Å². The van der Waals surface area contributed by atoms with Crippen molar-refractivity contribution in [2.45, 2.75) is 19.6 Å². The third-order valence-corrected chi connectivity index (χ3v) is 3.82. The van der Waals surface area contributed by atoms with Gasteiger partial charge in [0.25, 0.3) is 0 Å². The lowest BCUT2D eigenvalue weighted by molar-refractivity contribution is -0.137. The van der Waals surface area contributed by atoms with Gasteiger partial charge < -0.3 is 20.1 Å². The number of nitrogens with zero attached hydrogens (tertiary/aromatic N) is 2. The van der Waals surface area contributed by atoms with Gasteiger partial charge in [0.1, 0.15) is 12.4 Å². The molecule has 0 saturated carbocycles. The number of nitrogens with one attached hydrogen (secondary N) is 2. The number of benzene rings is 1. The summed E-state index contributed by atoms with van der Waals surface area (Å²) in [7, 11) is 3.26. The Balaban J connectivity index is 1.77. The third kappa shape index (κ3) is 6.33. The van der Waals surface area contributed by atoms with Crippen LogP contribution in [-0.4, -0.2) is 38.3 Å². The molecule has 1 aromatic heterocycles. The molecule has 1 heterocycles. The topological polar surface area (TPSA) is 67.8 Å². The maximum Gasteiger partial charge on any atom is 0.417 e. The van der Waals surface area contributed by atoms with Crippen LogP contribution in [0.4, 0.5) is 13.2 Å². The molecule has 0 aliphatic heterocycles. The molecule has 0 atom stereocenters. The zero-order valence-corrected chi connectivity index (χ0v) is 15.9. The van der Waals surface area contributed by atoms with E-state index in [0.29, 0.717) is 19.0 Å². The van der Waals surface area contributed by atoms with Crippen molar-refractivity contribution in [2.75, 3.05) is 27.3 Å². The number of aryl methyl sites for hydroxylation is 1. The number of rotatable bonds is 7. The summed E-state index contributed by atoms with van der Waals surface area (Å²) in [5, 5.41) is 6.23. The summed E-state index contributed by atoms with van der Waals surface area (Å²) < 4.78 is 48.2. The SMILES string of the molecule is CN=C(NCCOc1ccc(C(F)(F)F)cn1)NCc1ccc(C)cc1OC. The predicted octanol–water partition coefficient (Wildman–Crippen LogP) is 3.16. The fourth-order valence-corrected chi connectivity index (χ4v) is 2.36. The molecule has 9 heteroatoms. The minimum absolute atomic E-state index is 0.127. The molecule has 0 spiro atoms. The number of alkyl halides is 3. The summed E-state index contributed by atoms with van der Waals surface area (Å²) in [6.45, 7) is 3.12. The zero-order valence-electron chi connectivity index (χ0n) is 15.9. The van der Waals surface area contributed by atoms with Gasteiger partial charge in [-0.25, -0.2) is 4.98 Å². The third-order valence-electron chi connectivity index (χ3n) is 3.82. The van der Waals surface area contributed by atoms with E-state index in [1.807, 2.05) is 25.1 Å². The molecule has 0 unspecified atom stereocenters. The van der Waals surface area contributed by atoms with Gasteiger partial charge in [0, 0.05) is 31.4 Å². The molecule has 2 N–H and O–H groups in total. The highest BCUT2D eigenvalue weighted by atomic mass is 19.4. The average Bonchev–Trinajstić information content (AvgIpc) is 2.67. The minimum Gasteiger partial charge on any atom is -0.496 e. The van der Waals surface area contributed by atoms with Crippen LogP contribution in [0.5, 0.6) is 11.6 Å². The number of hydrogen-bond donors (Lipinski definition) is 2. The second-order valence-corrected chi connectivity index (χ2v) is 5.90. The Labute approximate surface area is 161 Å². The van der Waals surface area contributed by atoms with Crippen LogP contribution in [0.3, 0.4) is 0 Å².